The average molecular weight is 419 g/mol. The van der Waals surface area contributed by atoms with Crippen molar-refractivity contribution in [2.75, 3.05) is 21.2 Å². The van der Waals surface area contributed by atoms with Crippen LogP contribution in [-0.2, 0) is 9.47 Å². The van der Waals surface area contributed by atoms with Crippen LogP contribution >= 0.6 is 0 Å². The van der Waals surface area contributed by atoms with Gasteiger partial charge in [0.2, 0.25) is 5.90 Å². The van der Waals surface area contributed by atoms with Crippen molar-refractivity contribution in [1.29, 1.82) is 10.8 Å². The minimum atomic E-state index is -0.266. The molecule has 0 spiro atoms. The Morgan fingerprint density at radius 1 is 1.19 bits per heavy atom. The van der Waals surface area contributed by atoms with E-state index in [9.17, 15) is 4.79 Å². The third-order valence-electron chi connectivity index (χ3n) is 4.85. The van der Waals surface area contributed by atoms with Gasteiger partial charge < -0.3 is 14.4 Å². The molecule has 160 valence electrons. The van der Waals surface area contributed by atoms with E-state index >= 15 is 0 Å². The summed E-state index contributed by atoms with van der Waals surface area (Å²) in [4.78, 5) is 22.4. The fourth-order valence-corrected chi connectivity index (χ4v) is 3.03. The maximum Gasteiger partial charge on any atom is 0.253 e. The SMILES string of the molecule is COC1=CCC(C(=N)OC(=N)c2nc(-c3ccc(C(=O)N(C)C)cc3)cnc2C)C=C1. The Balaban J connectivity index is 1.76. The maximum absolute atomic E-state index is 12.1. The second-order valence-electron chi connectivity index (χ2n) is 7.27. The number of nitrogens with zero attached hydrogens (tertiary/aromatic N) is 3. The van der Waals surface area contributed by atoms with Gasteiger partial charge in [0.15, 0.2) is 5.90 Å². The lowest BCUT2D eigenvalue weighted by atomic mass is 10.00. The molecule has 3 rings (SSSR count). The molecular formula is C23H25N5O3. The Kier molecular flexibility index (Phi) is 6.59. The lowest BCUT2D eigenvalue weighted by molar-refractivity contribution is 0.0827. The standard InChI is InChI=1S/C23H25N5O3/c1-14-20(22(25)31-21(24)16-9-11-18(30-4)12-10-16)27-19(13-26-14)15-5-7-17(8-6-15)23(29)28(2)3/h5-9,11-13,16,24-25H,10H2,1-4H3. The van der Waals surface area contributed by atoms with Gasteiger partial charge in [-0.15, -0.1) is 0 Å². The van der Waals surface area contributed by atoms with Gasteiger partial charge in [-0.1, -0.05) is 18.2 Å². The van der Waals surface area contributed by atoms with Gasteiger partial charge in [0, 0.05) is 25.2 Å². The summed E-state index contributed by atoms with van der Waals surface area (Å²) < 4.78 is 10.6. The zero-order valence-corrected chi connectivity index (χ0v) is 18.0. The lowest BCUT2D eigenvalue weighted by Gasteiger charge is -2.17. The molecule has 31 heavy (non-hydrogen) atoms. The number of hydrogen-bond donors (Lipinski definition) is 2. The number of carbonyl (C=O) groups excluding carboxylic acids is 1. The lowest BCUT2D eigenvalue weighted by Crippen LogP contribution is -2.22. The van der Waals surface area contributed by atoms with Gasteiger partial charge in [-0.3, -0.25) is 20.6 Å². The molecule has 1 aromatic heterocycles. The third kappa shape index (κ3) is 5.03. The number of amides is 1. The van der Waals surface area contributed by atoms with E-state index < -0.39 is 0 Å². The van der Waals surface area contributed by atoms with Gasteiger partial charge >= 0.3 is 0 Å². The molecule has 1 amide bonds. The molecule has 1 aromatic carbocycles. The van der Waals surface area contributed by atoms with Crippen molar-refractivity contribution in [2.45, 2.75) is 13.3 Å². The zero-order chi connectivity index (χ0) is 22.5. The summed E-state index contributed by atoms with van der Waals surface area (Å²) in [6.45, 7) is 1.74. The highest BCUT2D eigenvalue weighted by Crippen LogP contribution is 2.21. The number of methoxy groups -OCH3 is 1. The van der Waals surface area contributed by atoms with Crippen molar-refractivity contribution < 1.29 is 14.3 Å². The topological polar surface area (TPSA) is 112 Å². The van der Waals surface area contributed by atoms with Crippen LogP contribution < -0.4 is 0 Å². The predicted molar refractivity (Wildman–Crippen MR) is 118 cm³/mol. The van der Waals surface area contributed by atoms with Gasteiger partial charge in [-0.2, -0.15) is 0 Å². The molecular weight excluding hydrogens is 394 g/mol. The van der Waals surface area contributed by atoms with Crippen LogP contribution in [-0.4, -0.2) is 53.8 Å². The van der Waals surface area contributed by atoms with E-state index in [-0.39, 0.29) is 29.3 Å². The largest absolute Gasteiger partial charge is 0.497 e. The minimum absolute atomic E-state index is 0.0363. The second-order valence-corrected chi connectivity index (χ2v) is 7.27. The molecule has 8 heteroatoms. The van der Waals surface area contributed by atoms with Gasteiger partial charge in [-0.25, -0.2) is 4.98 Å². The number of benzene rings is 1. The van der Waals surface area contributed by atoms with E-state index in [1.54, 1.807) is 64.7 Å². The summed E-state index contributed by atoms with van der Waals surface area (Å²) in [5.74, 6) is 0.126. The van der Waals surface area contributed by atoms with E-state index in [4.69, 9.17) is 20.3 Å². The maximum atomic E-state index is 12.1. The average Bonchev–Trinajstić information content (AvgIpc) is 2.78. The first-order valence-electron chi connectivity index (χ1n) is 9.73. The van der Waals surface area contributed by atoms with Gasteiger partial charge in [0.05, 0.1) is 30.6 Å². The Bertz CT molecular complexity index is 1070. The second kappa shape index (κ2) is 9.34. The van der Waals surface area contributed by atoms with E-state index in [0.29, 0.717) is 23.4 Å². The molecule has 0 radical (unpaired) electrons. The summed E-state index contributed by atoms with van der Waals surface area (Å²) in [6.07, 6.45) is 7.66. The first kappa shape index (κ1) is 21.9. The van der Waals surface area contributed by atoms with Crippen molar-refractivity contribution in [2.24, 2.45) is 5.92 Å². The van der Waals surface area contributed by atoms with Crippen LogP contribution in [0.5, 0.6) is 0 Å². The molecule has 2 aromatic rings. The Morgan fingerprint density at radius 3 is 2.48 bits per heavy atom. The smallest absolute Gasteiger partial charge is 0.253 e. The third-order valence-corrected chi connectivity index (χ3v) is 4.85. The van der Waals surface area contributed by atoms with Crippen LogP contribution in [0.25, 0.3) is 11.3 Å². The van der Waals surface area contributed by atoms with Gasteiger partial charge in [0.25, 0.3) is 5.91 Å². The van der Waals surface area contributed by atoms with Crippen LogP contribution in [0.1, 0.15) is 28.2 Å². The van der Waals surface area contributed by atoms with Crippen LogP contribution in [0.4, 0.5) is 0 Å². The highest BCUT2D eigenvalue weighted by molar-refractivity contribution is 6.00. The predicted octanol–water partition coefficient (Wildman–Crippen LogP) is 3.58. The molecule has 0 bridgehead atoms. The Labute approximate surface area is 181 Å². The number of carbonyl (C=O) groups is 1. The number of ether oxygens (including phenoxy) is 2. The number of allylic oxidation sites excluding steroid dienone is 2. The van der Waals surface area contributed by atoms with Crippen LogP contribution in [0.3, 0.4) is 0 Å². The number of aryl methyl sites for hydroxylation is 1. The Hall–Kier alpha value is -3.81. The van der Waals surface area contributed by atoms with Crippen LogP contribution in [0.2, 0.25) is 0 Å². The van der Waals surface area contributed by atoms with Crippen molar-refractivity contribution in [3.05, 3.63) is 71.4 Å². The molecule has 1 aliphatic rings. The molecule has 1 atom stereocenters. The number of rotatable bonds is 5. The molecule has 1 aliphatic carbocycles. The van der Waals surface area contributed by atoms with E-state index in [1.165, 1.54) is 4.90 Å². The Morgan fingerprint density at radius 2 is 1.90 bits per heavy atom. The van der Waals surface area contributed by atoms with Crippen molar-refractivity contribution in [1.82, 2.24) is 14.9 Å². The first-order valence-corrected chi connectivity index (χ1v) is 9.73. The van der Waals surface area contributed by atoms with E-state index in [0.717, 1.165) is 11.3 Å². The molecule has 1 heterocycles. The quantitative estimate of drug-likeness (QED) is 0.568. The summed E-state index contributed by atoms with van der Waals surface area (Å²) in [5, 5.41) is 16.5. The summed E-state index contributed by atoms with van der Waals surface area (Å²) >= 11 is 0. The monoisotopic (exact) mass is 419 g/mol. The van der Waals surface area contributed by atoms with Gasteiger partial charge in [0.1, 0.15) is 11.5 Å². The minimum Gasteiger partial charge on any atom is -0.497 e. The number of nitrogens with one attached hydrogen (secondary N) is 2. The molecule has 2 N–H and O–H groups in total. The van der Waals surface area contributed by atoms with Crippen molar-refractivity contribution in [3.63, 3.8) is 0 Å². The fraction of sp³-hybridized carbons (Fsp3) is 0.261. The fourth-order valence-electron chi connectivity index (χ4n) is 3.03. The number of hydrogen-bond acceptors (Lipinski definition) is 7. The number of aromatic nitrogens is 2. The molecule has 0 aliphatic heterocycles. The zero-order valence-electron chi connectivity index (χ0n) is 18.0. The van der Waals surface area contributed by atoms with E-state index in [2.05, 4.69) is 9.97 Å². The summed E-state index contributed by atoms with van der Waals surface area (Å²) in [5.41, 5.74) is 2.68. The van der Waals surface area contributed by atoms with E-state index in [1.807, 2.05) is 12.2 Å². The highest BCUT2D eigenvalue weighted by atomic mass is 16.5. The highest BCUT2D eigenvalue weighted by Gasteiger charge is 2.20. The molecule has 0 fully saturated rings. The van der Waals surface area contributed by atoms with Crippen LogP contribution in [0.15, 0.2) is 54.4 Å². The summed E-state index contributed by atoms with van der Waals surface area (Å²) in [6, 6.07) is 7.04. The molecule has 0 saturated heterocycles. The van der Waals surface area contributed by atoms with Crippen molar-refractivity contribution >= 4 is 17.7 Å². The molecule has 0 saturated carbocycles. The molecule has 8 nitrogen and oxygen atoms in total. The van der Waals surface area contributed by atoms with Crippen LogP contribution in [0, 0.1) is 23.7 Å². The molecule has 1 unspecified atom stereocenters. The first-order chi connectivity index (χ1) is 14.8. The normalized spacial score (nSPS) is 15.1. The van der Waals surface area contributed by atoms with Gasteiger partial charge in [-0.05, 0) is 37.6 Å². The summed E-state index contributed by atoms with van der Waals surface area (Å²) in [7, 11) is 5.00. The van der Waals surface area contributed by atoms with Crippen molar-refractivity contribution in [3.8, 4) is 11.3 Å².